The number of fused-ring (bicyclic) bond motifs is 2. The predicted molar refractivity (Wildman–Crippen MR) is 135 cm³/mol. The van der Waals surface area contributed by atoms with Gasteiger partial charge < -0.3 is 38.6 Å². The number of ether oxygens (including phenoxy) is 6. The first kappa shape index (κ1) is 31.7. The molecule has 0 amide bonds. The third kappa shape index (κ3) is 5.82. The molecule has 4 heterocycles. The average molecular weight is 581 g/mol. The summed E-state index contributed by atoms with van der Waals surface area (Å²) in [4.78, 5) is 12.4. The molecule has 0 aromatic rings. The van der Waals surface area contributed by atoms with E-state index in [0.717, 1.165) is 0 Å². The fourth-order valence-electron chi connectivity index (χ4n) is 7.46. The lowest BCUT2D eigenvalue weighted by Gasteiger charge is -2.50. The molecular formula is C28H43F3O9. The van der Waals surface area contributed by atoms with Crippen LogP contribution in [0.1, 0.15) is 74.7 Å². The lowest BCUT2D eigenvalue weighted by molar-refractivity contribution is -0.349. The number of rotatable bonds is 8. The normalized spacial score (nSPS) is 43.9. The van der Waals surface area contributed by atoms with Gasteiger partial charge in [-0.1, -0.05) is 6.58 Å². The Morgan fingerprint density at radius 3 is 1.93 bits per heavy atom. The summed E-state index contributed by atoms with van der Waals surface area (Å²) < 4.78 is 76.1. The second-order valence-electron chi connectivity index (χ2n) is 13.8. The molecule has 4 fully saturated rings. The number of halogens is 3. The fraction of sp³-hybridized carbons (Fsp3) is 0.893. The first-order valence-corrected chi connectivity index (χ1v) is 13.6. The standard InChI is InChI=1S/C28H43F3O9/c1-15(2)21(32)38-17-10-16-18(22(3,4)39-25(8)12-27(34,36-14-25)28(29,30)31)19(20(17)37-16)23(5,6)40-24(7)11-26(9,33)35-13-24/h16-20,33-34H,1,10-14H2,2-9H3. The molecule has 0 aromatic heterocycles. The molecule has 4 aliphatic rings. The molecule has 0 spiro atoms. The Hall–Kier alpha value is -1.28. The molecule has 0 aromatic carbocycles. The van der Waals surface area contributed by atoms with Gasteiger partial charge in [-0.25, -0.2) is 4.79 Å². The van der Waals surface area contributed by atoms with Crippen molar-refractivity contribution in [3.63, 3.8) is 0 Å². The third-order valence-corrected chi connectivity index (χ3v) is 8.60. The Morgan fingerprint density at radius 2 is 1.45 bits per heavy atom. The second-order valence-corrected chi connectivity index (χ2v) is 13.8. The van der Waals surface area contributed by atoms with E-state index in [4.69, 9.17) is 28.4 Å². The van der Waals surface area contributed by atoms with Crippen LogP contribution in [0.25, 0.3) is 0 Å². The molecule has 12 heteroatoms. The zero-order valence-corrected chi connectivity index (χ0v) is 24.5. The monoisotopic (exact) mass is 580 g/mol. The van der Waals surface area contributed by atoms with Gasteiger partial charge in [0.2, 0.25) is 0 Å². The van der Waals surface area contributed by atoms with E-state index in [9.17, 15) is 28.2 Å². The maximum Gasteiger partial charge on any atom is 0.443 e. The minimum Gasteiger partial charge on any atom is -0.456 e. The van der Waals surface area contributed by atoms with Crippen molar-refractivity contribution in [2.75, 3.05) is 13.2 Å². The molecule has 2 N–H and O–H groups in total. The smallest absolute Gasteiger partial charge is 0.443 e. The first-order chi connectivity index (χ1) is 17.9. The Kier molecular flexibility index (Phi) is 7.61. The van der Waals surface area contributed by atoms with Gasteiger partial charge in [0.15, 0.2) is 5.79 Å². The van der Waals surface area contributed by atoms with Crippen molar-refractivity contribution in [2.24, 2.45) is 11.8 Å². The van der Waals surface area contributed by atoms with Crippen LogP contribution < -0.4 is 0 Å². The highest BCUT2D eigenvalue weighted by atomic mass is 19.4. The molecular weight excluding hydrogens is 537 g/mol. The molecule has 4 rings (SSSR count). The first-order valence-electron chi connectivity index (χ1n) is 13.6. The summed E-state index contributed by atoms with van der Waals surface area (Å²) in [6.07, 6.45) is -6.83. The van der Waals surface area contributed by atoms with E-state index in [1.807, 2.05) is 20.8 Å². The van der Waals surface area contributed by atoms with Crippen LogP contribution in [0.3, 0.4) is 0 Å². The number of hydrogen-bond donors (Lipinski definition) is 2. The number of esters is 1. The quantitative estimate of drug-likeness (QED) is 0.327. The van der Waals surface area contributed by atoms with E-state index in [0.29, 0.717) is 6.42 Å². The summed E-state index contributed by atoms with van der Waals surface area (Å²) in [6.45, 7) is 17.1. The lowest BCUT2D eigenvalue weighted by atomic mass is 9.64. The molecule has 0 saturated carbocycles. The van der Waals surface area contributed by atoms with Crippen LogP contribution in [0.2, 0.25) is 0 Å². The molecule has 0 radical (unpaired) electrons. The molecule has 2 bridgehead atoms. The Bertz CT molecular complexity index is 1030. The number of aliphatic hydroxyl groups is 2. The van der Waals surface area contributed by atoms with Gasteiger partial charge in [0, 0.05) is 36.7 Å². The summed E-state index contributed by atoms with van der Waals surface area (Å²) in [5.74, 6) is -6.06. The van der Waals surface area contributed by atoms with E-state index in [2.05, 4.69) is 6.58 Å². The Labute approximate surface area is 233 Å². The average Bonchev–Trinajstić information content (AvgIpc) is 3.47. The van der Waals surface area contributed by atoms with E-state index < -0.39 is 89.3 Å². The van der Waals surface area contributed by atoms with Crippen molar-refractivity contribution in [3.8, 4) is 0 Å². The number of alkyl halides is 3. The largest absolute Gasteiger partial charge is 0.456 e. The van der Waals surface area contributed by atoms with Gasteiger partial charge >= 0.3 is 12.1 Å². The van der Waals surface area contributed by atoms with Crippen molar-refractivity contribution < 1.29 is 56.6 Å². The van der Waals surface area contributed by atoms with Crippen LogP contribution in [0.15, 0.2) is 12.2 Å². The summed E-state index contributed by atoms with van der Waals surface area (Å²) in [6, 6.07) is 0. The molecule has 9 atom stereocenters. The van der Waals surface area contributed by atoms with Crippen LogP contribution in [0.4, 0.5) is 13.2 Å². The molecule has 9 nitrogen and oxygen atoms in total. The molecule has 40 heavy (non-hydrogen) atoms. The van der Waals surface area contributed by atoms with Crippen LogP contribution in [-0.4, -0.2) is 87.9 Å². The van der Waals surface area contributed by atoms with Crippen molar-refractivity contribution in [1.82, 2.24) is 0 Å². The van der Waals surface area contributed by atoms with Gasteiger partial charge in [0.05, 0.1) is 41.7 Å². The van der Waals surface area contributed by atoms with Gasteiger partial charge in [-0.15, -0.1) is 0 Å². The molecule has 4 saturated heterocycles. The summed E-state index contributed by atoms with van der Waals surface area (Å²) in [5, 5.41) is 20.6. The highest BCUT2D eigenvalue weighted by Gasteiger charge is 2.68. The molecule has 0 aliphatic carbocycles. The summed E-state index contributed by atoms with van der Waals surface area (Å²) in [7, 11) is 0. The zero-order chi connectivity index (χ0) is 30.3. The van der Waals surface area contributed by atoms with Gasteiger partial charge in [-0.3, -0.25) is 0 Å². The van der Waals surface area contributed by atoms with Crippen molar-refractivity contribution in [3.05, 3.63) is 12.2 Å². The summed E-state index contributed by atoms with van der Waals surface area (Å²) >= 11 is 0. The highest BCUT2D eigenvalue weighted by molar-refractivity contribution is 5.87. The van der Waals surface area contributed by atoms with Crippen molar-refractivity contribution >= 4 is 5.97 Å². The van der Waals surface area contributed by atoms with Gasteiger partial charge in [0.1, 0.15) is 12.2 Å². The van der Waals surface area contributed by atoms with Crippen LogP contribution >= 0.6 is 0 Å². The molecule has 4 aliphatic heterocycles. The van der Waals surface area contributed by atoms with Crippen molar-refractivity contribution in [1.29, 1.82) is 0 Å². The summed E-state index contributed by atoms with van der Waals surface area (Å²) in [5.41, 5.74) is -4.07. The van der Waals surface area contributed by atoms with Gasteiger partial charge in [0.25, 0.3) is 5.79 Å². The molecule has 230 valence electrons. The van der Waals surface area contributed by atoms with Crippen LogP contribution in [0, 0.1) is 11.8 Å². The fourth-order valence-corrected chi connectivity index (χ4v) is 7.46. The molecule has 9 unspecified atom stereocenters. The second kappa shape index (κ2) is 9.62. The zero-order valence-electron chi connectivity index (χ0n) is 24.5. The van der Waals surface area contributed by atoms with Crippen molar-refractivity contribution in [2.45, 2.75) is 133 Å². The van der Waals surface area contributed by atoms with E-state index in [1.165, 1.54) is 6.92 Å². The number of carbonyl (C=O) groups is 1. The lowest BCUT2D eigenvalue weighted by Crippen LogP contribution is -2.59. The van der Waals surface area contributed by atoms with Gasteiger partial charge in [-0.2, -0.15) is 13.2 Å². The Morgan fingerprint density at radius 1 is 0.925 bits per heavy atom. The predicted octanol–water partition coefficient (Wildman–Crippen LogP) is 3.79. The van der Waals surface area contributed by atoms with E-state index in [-0.39, 0.29) is 18.6 Å². The van der Waals surface area contributed by atoms with E-state index >= 15 is 0 Å². The van der Waals surface area contributed by atoms with Gasteiger partial charge in [-0.05, 0) is 55.4 Å². The number of hydrogen-bond acceptors (Lipinski definition) is 9. The highest BCUT2D eigenvalue weighted by Crippen LogP contribution is 2.57. The SMILES string of the molecule is C=C(C)C(=O)OC1CC2OC1C(C(C)(C)OC1(C)COC(C)(O)C1)C2C(C)(C)OC1(C)COC(O)(C(F)(F)F)C1. The number of carbonyl (C=O) groups excluding carboxylic acids is 1. The minimum absolute atomic E-state index is 0.148. The third-order valence-electron chi connectivity index (χ3n) is 8.60. The minimum atomic E-state index is -4.98. The van der Waals surface area contributed by atoms with E-state index in [1.54, 1.807) is 27.7 Å². The van der Waals surface area contributed by atoms with Crippen LogP contribution in [0.5, 0.6) is 0 Å². The van der Waals surface area contributed by atoms with Crippen LogP contribution in [-0.2, 0) is 33.2 Å². The topological polar surface area (TPSA) is 113 Å². The maximum atomic E-state index is 13.5. The Balaban J connectivity index is 1.63. The maximum absolute atomic E-state index is 13.5.